The van der Waals surface area contributed by atoms with Gasteiger partial charge in [0.15, 0.2) is 0 Å². The van der Waals surface area contributed by atoms with Crippen LogP contribution in [-0.2, 0) is 0 Å². The highest BCUT2D eigenvalue weighted by Crippen LogP contribution is 2.31. The first kappa shape index (κ1) is 13.4. The Kier molecular flexibility index (Phi) is 5.06. The van der Waals surface area contributed by atoms with Gasteiger partial charge in [-0.3, -0.25) is 0 Å². The Morgan fingerprint density at radius 2 is 1.72 bits per heavy atom. The third kappa shape index (κ3) is 3.74. The van der Waals surface area contributed by atoms with E-state index in [4.69, 9.17) is 4.74 Å². The van der Waals surface area contributed by atoms with Crippen LogP contribution in [0.3, 0.4) is 0 Å². The predicted molar refractivity (Wildman–Crippen MR) is 73.8 cm³/mol. The van der Waals surface area contributed by atoms with Gasteiger partial charge in [0.2, 0.25) is 0 Å². The second kappa shape index (κ2) is 6.79. The van der Waals surface area contributed by atoms with Gasteiger partial charge in [-0.1, -0.05) is 50.7 Å². The highest BCUT2D eigenvalue weighted by atomic mass is 16.5. The van der Waals surface area contributed by atoms with Crippen molar-refractivity contribution in [3.05, 3.63) is 29.8 Å². The minimum Gasteiger partial charge on any atom is -0.497 e. The van der Waals surface area contributed by atoms with E-state index in [1.54, 1.807) is 7.11 Å². The van der Waals surface area contributed by atoms with E-state index < -0.39 is 0 Å². The van der Waals surface area contributed by atoms with Gasteiger partial charge in [-0.15, -0.1) is 0 Å². The SMILES string of the molecule is COc1ccc(C(O)CC2CCCCCC2)cc1. The third-order valence-electron chi connectivity index (χ3n) is 4.03. The van der Waals surface area contributed by atoms with Gasteiger partial charge in [0.25, 0.3) is 0 Å². The first-order valence-corrected chi connectivity index (χ1v) is 7.11. The Hall–Kier alpha value is -1.02. The minimum absolute atomic E-state index is 0.320. The lowest BCUT2D eigenvalue weighted by Gasteiger charge is -2.19. The number of aliphatic hydroxyl groups excluding tert-OH is 1. The van der Waals surface area contributed by atoms with Gasteiger partial charge in [0.05, 0.1) is 13.2 Å². The summed E-state index contributed by atoms with van der Waals surface area (Å²) in [7, 11) is 1.66. The molecule has 1 fully saturated rings. The van der Waals surface area contributed by atoms with Crippen molar-refractivity contribution in [3.8, 4) is 5.75 Å². The van der Waals surface area contributed by atoms with E-state index in [0.29, 0.717) is 5.92 Å². The Morgan fingerprint density at radius 1 is 1.11 bits per heavy atom. The molecule has 2 rings (SSSR count). The van der Waals surface area contributed by atoms with E-state index in [1.165, 1.54) is 38.5 Å². The zero-order valence-electron chi connectivity index (χ0n) is 11.3. The molecule has 1 aromatic carbocycles. The van der Waals surface area contributed by atoms with E-state index in [2.05, 4.69) is 0 Å². The lowest BCUT2D eigenvalue weighted by Crippen LogP contribution is -2.07. The molecule has 0 aromatic heterocycles. The first-order valence-electron chi connectivity index (χ1n) is 7.11. The molecule has 2 nitrogen and oxygen atoms in total. The monoisotopic (exact) mass is 248 g/mol. The van der Waals surface area contributed by atoms with Crippen LogP contribution in [0, 0.1) is 5.92 Å². The number of benzene rings is 1. The first-order chi connectivity index (χ1) is 8.79. The summed E-state index contributed by atoms with van der Waals surface area (Å²) in [6.07, 6.45) is 8.57. The molecule has 18 heavy (non-hydrogen) atoms. The molecule has 2 heteroatoms. The summed E-state index contributed by atoms with van der Waals surface area (Å²) in [6.45, 7) is 0. The maximum absolute atomic E-state index is 10.3. The molecule has 1 atom stereocenters. The zero-order valence-corrected chi connectivity index (χ0v) is 11.3. The molecule has 1 saturated carbocycles. The average Bonchev–Trinajstić information content (AvgIpc) is 2.67. The average molecular weight is 248 g/mol. The molecule has 0 aliphatic heterocycles. The maximum Gasteiger partial charge on any atom is 0.118 e. The van der Waals surface area contributed by atoms with Crippen LogP contribution in [0.25, 0.3) is 0 Å². The van der Waals surface area contributed by atoms with Gasteiger partial charge in [-0.05, 0) is 30.0 Å². The molecule has 1 aromatic rings. The van der Waals surface area contributed by atoms with Gasteiger partial charge < -0.3 is 9.84 Å². The molecule has 0 saturated heterocycles. The van der Waals surface area contributed by atoms with Gasteiger partial charge in [0.1, 0.15) is 5.75 Å². The van der Waals surface area contributed by atoms with Crippen LogP contribution < -0.4 is 4.74 Å². The molecule has 1 aliphatic carbocycles. The second-order valence-corrected chi connectivity index (χ2v) is 5.38. The van der Waals surface area contributed by atoms with Crippen LogP contribution in [0.4, 0.5) is 0 Å². The van der Waals surface area contributed by atoms with Gasteiger partial charge >= 0.3 is 0 Å². The molecule has 1 N–H and O–H groups in total. The molecule has 0 heterocycles. The van der Waals surface area contributed by atoms with E-state index in [9.17, 15) is 5.11 Å². The number of methoxy groups -OCH3 is 1. The van der Waals surface area contributed by atoms with Crippen molar-refractivity contribution in [2.45, 2.75) is 51.0 Å². The standard InChI is InChI=1S/C16H24O2/c1-18-15-10-8-14(9-11-15)16(17)12-13-6-4-2-3-5-7-13/h8-11,13,16-17H,2-7,12H2,1H3. The number of hydrogen-bond acceptors (Lipinski definition) is 2. The van der Waals surface area contributed by atoms with Crippen molar-refractivity contribution in [2.75, 3.05) is 7.11 Å². The number of ether oxygens (including phenoxy) is 1. The quantitative estimate of drug-likeness (QED) is 0.813. The Balaban J connectivity index is 1.90. The topological polar surface area (TPSA) is 29.5 Å². The molecule has 1 unspecified atom stereocenters. The highest BCUT2D eigenvalue weighted by Gasteiger charge is 2.17. The van der Waals surface area contributed by atoms with E-state index in [1.807, 2.05) is 24.3 Å². The van der Waals surface area contributed by atoms with E-state index in [0.717, 1.165) is 17.7 Å². The smallest absolute Gasteiger partial charge is 0.118 e. The second-order valence-electron chi connectivity index (χ2n) is 5.38. The molecule has 0 amide bonds. The zero-order chi connectivity index (χ0) is 12.8. The Morgan fingerprint density at radius 3 is 2.28 bits per heavy atom. The summed E-state index contributed by atoms with van der Waals surface area (Å²) >= 11 is 0. The molecule has 100 valence electrons. The molecule has 0 bridgehead atoms. The lowest BCUT2D eigenvalue weighted by atomic mass is 9.91. The van der Waals surface area contributed by atoms with Gasteiger partial charge in [0, 0.05) is 0 Å². The highest BCUT2D eigenvalue weighted by molar-refractivity contribution is 5.28. The lowest BCUT2D eigenvalue weighted by molar-refractivity contribution is 0.139. The van der Waals surface area contributed by atoms with Crippen LogP contribution in [-0.4, -0.2) is 12.2 Å². The van der Waals surface area contributed by atoms with Crippen molar-refractivity contribution in [1.82, 2.24) is 0 Å². The fraction of sp³-hybridized carbons (Fsp3) is 0.625. The molecule has 1 aliphatic rings. The van der Waals surface area contributed by atoms with Crippen molar-refractivity contribution in [2.24, 2.45) is 5.92 Å². The number of aliphatic hydroxyl groups is 1. The van der Waals surface area contributed by atoms with Crippen LogP contribution in [0.1, 0.15) is 56.6 Å². The van der Waals surface area contributed by atoms with Crippen LogP contribution in [0.5, 0.6) is 5.75 Å². The fourth-order valence-electron chi connectivity index (χ4n) is 2.88. The predicted octanol–water partition coefficient (Wildman–Crippen LogP) is 4.09. The number of hydrogen-bond donors (Lipinski definition) is 1. The maximum atomic E-state index is 10.3. The minimum atomic E-state index is -0.320. The van der Waals surface area contributed by atoms with Crippen molar-refractivity contribution < 1.29 is 9.84 Å². The largest absolute Gasteiger partial charge is 0.497 e. The van der Waals surface area contributed by atoms with Crippen LogP contribution in [0.15, 0.2) is 24.3 Å². The molecule has 0 spiro atoms. The van der Waals surface area contributed by atoms with E-state index in [-0.39, 0.29) is 6.10 Å². The van der Waals surface area contributed by atoms with Crippen LogP contribution in [0.2, 0.25) is 0 Å². The van der Waals surface area contributed by atoms with Crippen molar-refractivity contribution in [3.63, 3.8) is 0 Å². The molecular weight excluding hydrogens is 224 g/mol. The van der Waals surface area contributed by atoms with Crippen molar-refractivity contribution >= 4 is 0 Å². The van der Waals surface area contributed by atoms with Crippen molar-refractivity contribution in [1.29, 1.82) is 0 Å². The fourth-order valence-corrected chi connectivity index (χ4v) is 2.88. The summed E-state index contributed by atoms with van der Waals surface area (Å²) in [4.78, 5) is 0. The van der Waals surface area contributed by atoms with Gasteiger partial charge in [-0.25, -0.2) is 0 Å². The molecular formula is C16H24O2. The summed E-state index contributed by atoms with van der Waals surface area (Å²) in [5, 5.41) is 10.3. The Bertz CT molecular complexity index is 337. The summed E-state index contributed by atoms with van der Waals surface area (Å²) < 4.78 is 5.13. The third-order valence-corrected chi connectivity index (χ3v) is 4.03. The summed E-state index contributed by atoms with van der Waals surface area (Å²) in [5.74, 6) is 1.55. The van der Waals surface area contributed by atoms with Gasteiger partial charge in [-0.2, -0.15) is 0 Å². The Labute approximate surface area is 110 Å². The summed E-state index contributed by atoms with van der Waals surface area (Å²) in [5.41, 5.74) is 1.01. The summed E-state index contributed by atoms with van der Waals surface area (Å²) in [6, 6.07) is 7.79. The van der Waals surface area contributed by atoms with Crippen LogP contribution >= 0.6 is 0 Å². The number of rotatable bonds is 4. The normalized spacial score (nSPS) is 19.2. The molecule has 0 radical (unpaired) electrons. The van der Waals surface area contributed by atoms with E-state index >= 15 is 0 Å².